The van der Waals surface area contributed by atoms with E-state index >= 15 is 19.2 Å². The number of carbonyl (C=O) groups is 8. The molecule has 502 valence electrons. The number of nitrogens with zero attached hydrogens (tertiary/aromatic N) is 4. The lowest BCUT2D eigenvalue weighted by atomic mass is 9.80. The maximum atomic E-state index is 15.9. The highest BCUT2D eigenvalue weighted by molar-refractivity contribution is 7.26. The van der Waals surface area contributed by atoms with Gasteiger partial charge in [-0.25, -0.2) is 0 Å². The minimum Gasteiger partial charge on any atom is -0.272 e. The first-order chi connectivity index (χ1) is 48.9. The minimum atomic E-state index is -0.475. The molecule has 0 saturated heterocycles. The van der Waals surface area contributed by atoms with Crippen molar-refractivity contribution in [1.29, 1.82) is 0 Å². The van der Waals surface area contributed by atoms with E-state index < -0.39 is 12.1 Å². The molecule has 15 aromatic rings. The fraction of sp³-hybridized carbons (Fsp3) is 0.233. The molecule has 16 heteroatoms. The van der Waals surface area contributed by atoms with Crippen molar-refractivity contribution < 1.29 is 38.4 Å². The number of hydrogen-bond acceptors (Lipinski definition) is 12. The van der Waals surface area contributed by atoms with E-state index in [1.807, 2.05) is 128 Å². The summed E-state index contributed by atoms with van der Waals surface area (Å²) < 4.78 is 1.98. The number of carbonyl (C=O) groups excluding carboxylic acids is 8. The first-order valence-electron chi connectivity index (χ1n) is 35.1. The van der Waals surface area contributed by atoms with Gasteiger partial charge < -0.3 is 0 Å². The molecule has 8 amide bonds. The van der Waals surface area contributed by atoms with Crippen LogP contribution in [0.5, 0.6) is 0 Å². The summed E-state index contributed by atoms with van der Waals surface area (Å²) in [7, 11) is 0. The first kappa shape index (κ1) is 62.9. The molecule has 0 N–H and O–H groups in total. The van der Waals surface area contributed by atoms with Gasteiger partial charge in [0.2, 0.25) is 0 Å². The molecule has 0 aliphatic carbocycles. The van der Waals surface area contributed by atoms with Crippen LogP contribution in [0.4, 0.5) is 0 Å². The summed E-state index contributed by atoms with van der Waals surface area (Å²) in [6, 6.07) is 38.8. The van der Waals surface area contributed by atoms with Gasteiger partial charge in [0, 0.05) is 151 Å². The number of benzene rings is 11. The van der Waals surface area contributed by atoms with E-state index in [-0.39, 0.29) is 59.3 Å². The zero-order valence-electron chi connectivity index (χ0n) is 58.1. The van der Waals surface area contributed by atoms with Crippen LogP contribution in [0.25, 0.3) is 148 Å². The Labute approximate surface area is 602 Å². The van der Waals surface area contributed by atoms with Crippen LogP contribution >= 0.6 is 45.3 Å². The van der Waals surface area contributed by atoms with Crippen molar-refractivity contribution in [3.8, 4) is 41.8 Å². The monoisotopic (exact) mass is 1410 g/mol. The molecular formula is C86H66N4O8S4. The number of hydrogen-bond donors (Lipinski definition) is 0. The molecule has 12 nitrogen and oxygen atoms in total. The quantitative estimate of drug-likeness (QED) is 0.0667. The Hall–Kier alpha value is -10.1. The second kappa shape index (κ2) is 21.7. The van der Waals surface area contributed by atoms with E-state index in [9.17, 15) is 19.2 Å². The van der Waals surface area contributed by atoms with Crippen molar-refractivity contribution in [2.75, 3.05) is 0 Å². The molecule has 8 heterocycles. The van der Waals surface area contributed by atoms with Crippen molar-refractivity contribution in [3.05, 3.63) is 176 Å². The van der Waals surface area contributed by atoms with Gasteiger partial charge >= 0.3 is 0 Å². The Morgan fingerprint density at radius 2 is 0.520 bits per heavy atom. The normalized spacial score (nSPS) is 15.2. The maximum absolute atomic E-state index is 15.9. The average molecular weight is 1410 g/mol. The summed E-state index contributed by atoms with van der Waals surface area (Å²) in [6.07, 6.45) is 1.73. The van der Waals surface area contributed by atoms with Gasteiger partial charge in [-0.3, -0.25) is 58.0 Å². The van der Waals surface area contributed by atoms with Gasteiger partial charge in [-0.1, -0.05) is 64.1 Å². The maximum Gasteiger partial charge on any atom is 0.262 e. The molecule has 0 unspecified atom stereocenters. The zero-order chi connectivity index (χ0) is 70.7. The highest BCUT2D eigenvalue weighted by atomic mass is 32.1. The van der Waals surface area contributed by atoms with Gasteiger partial charge in [0.05, 0.1) is 11.1 Å². The van der Waals surface area contributed by atoms with Gasteiger partial charge in [-0.15, -0.1) is 45.3 Å². The third-order valence-corrected chi connectivity index (χ3v) is 26.3. The molecular weight excluding hydrogens is 1350 g/mol. The molecule has 11 aromatic carbocycles. The number of thiophene rings is 4. The Balaban J connectivity index is 0.938. The third-order valence-electron chi connectivity index (χ3n) is 21.7. The van der Waals surface area contributed by atoms with Crippen LogP contribution in [0.2, 0.25) is 0 Å². The highest BCUT2D eigenvalue weighted by Crippen LogP contribution is 2.58. The number of fused-ring (bicyclic) bond motifs is 6. The first-order valence-corrected chi connectivity index (χ1v) is 38.4. The standard InChI is InChI=1S/C86H66N4O8S4/c1-35(2)29-41-13-27-61(99-41)71-59-33-63(57-31-55-47-19-23-51-69-49(79(91)87(37(5)6)81(51)93)21-15-43(65(47)69)45-17-25-53-73(67(45)55)75(57)85(97)89(39(9)10)83(53)95)102-78(59)72(62-28-14-42(100-62)30-36(3)4)60-34-64(101-77(60)71)58-32-56-48-20-24-52-70-50(80(92)88(38(7)8)82(52)94)22-16-44(66(48)70)46-18-26-54-74(68(46)56)76(58)86(98)90(40(11)12)84(54)96/h13-28,31-40H,29-30H2,1-12H3. The van der Waals surface area contributed by atoms with Crippen LogP contribution in [-0.4, -0.2) is 91.0 Å². The van der Waals surface area contributed by atoms with Gasteiger partial charge in [-0.2, -0.15) is 0 Å². The lowest BCUT2D eigenvalue weighted by Crippen LogP contribution is -2.45. The zero-order valence-corrected chi connectivity index (χ0v) is 61.4. The number of imide groups is 4. The largest absolute Gasteiger partial charge is 0.272 e. The lowest BCUT2D eigenvalue weighted by molar-refractivity contribution is 0.0547. The molecule has 19 rings (SSSR count). The summed E-state index contributed by atoms with van der Waals surface area (Å²) >= 11 is 6.77. The molecule has 4 aliphatic rings. The van der Waals surface area contributed by atoms with Crippen LogP contribution in [0.15, 0.2) is 121 Å². The molecule has 0 radical (unpaired) electrons. The summed E-state index contributed by atoms with van der Waals surface area (Å²) in [6.45, 7) is 23.8. The molecule has 0 spiro atoms. The van der Waals surface area contributed by atoms with E-state index in [0.717, 1.165) is 128 Å². The summed E-state index contributed by atoms with van der Waals surface area (Å²) in [5.41, 5.74) is 6.85. The van der Waals surface area contributed by atoms with Crippen LogP contribution in [-0.2, 0) is 12.8 Å². The van der Waals surface area contributed by atoms with Crippen LogP contribution in [0, 0.1) is 11.8 Å². The van der Waals surface area contributed by atoms with Crippen molar-refractivity contribution in [3.63, 3.8) is 0 Å². The van der Waals surface area contributed by atoms with Crippen LogP contribution < -0.4 is 0 Å². The second-order valence-corrected chi connectivity index (χ2v) is 34.6. The molecule has 0 fully saturated rings. The van der Waals surface area contributed by atoms with E-state index in [1.165, 1.54) is 29.4 Å². The highest BCUT2D eigenvalue weighted by Gasteiger charge is 2.44. The SMILES string of the molecule is CC(C)Cc1ccc(-c2c3cc(-c4cc5c6ccc7c8c(ccc(c9ccc%10c(c4C(=O)N(C(C)C)C%10=O)c95)c86)C(=O)N(C(C)C)C7=O)sc3c(-c3ccc(CC(C)C)s3)c3cc(-c4cc5c6ccc7c8c(ccc(c9ccc%10c(c4C(=O)N(C(C)C)C%10=O)c95)c86)C(=O)N(C(C)C)C7=O)sc23)s1. The molecule has 4 aliphatic heterocycles. The Morgan fingerprint density at radius 3 is 0.814 bits per heavy atom. The van der Waals surface area contributed by atoms with E-state index in [4.69, 9.17) is 0 Å². The van der Waals surface area contributed by atoms with E-state index in [0.29, 0.717) is 89.0 Å². The Morgan fingerprint density at radius 1 is 0.245 bits per heavy atom. The smallest absolute Gasteiger partial charge is 0.262 e. The van der Waals surface area contributed by atoms with Gasteiger partial charge in [0.15, 0.2) is 0 Å². The fourth-order valence-corrected chi connectivity index (χ4v) is 22.9. The molecule has 4 aromatic heterocycles. The van der Waals surface area contributed by atoms with E-state index in [1.54, 1.807) is 45.3 Å². The summed E-state index contributed by atoms with van der Waals surface area (Å²) in [5.74, 6) is -2.16. The fourth-order valence-electron chi connectivity index (χ4n) is 17.6. The van der Waals surface area contributed by atoms with Crippen molar-refractivity contribution >= 4 is 199 Å². The molecule has 0 atom stereocenters. The van der Waals surface area contributed by atoms with Gasteiger partial charge in [0.1, 0.15) is 0 Å². The van der Waals surface area contributed by atoms with Gasteiger partial charge in [-0.05, 0) is 230 Å². The topological polar surface area (TPSA) is 150 Å². The Kier molecular flexibility index (Phi) is 13.4. The van der Waals surface area contributed by atoms with Gasteiger partial charge in [0.25, 0.3) is 47.3 Å². The van der Waals surface area contributed by atoms with Crippen molar-refractivity contribution in [2.45, 2.75) is 120 Å². The van der Waals surface area contributed by atoms with Crippen LogP contribution in [0.1, 0.15) is 176 Å². The van der Waals surface area contributed by atoms with Crippen molar-refractivity contribution in [1.82, 2.24) is 19.6 Å². The lowest BCUT2D eigenvalue weighted by Gasteiger charge is -2.33. The van der Waals surface area contributed by atoms with Crippen molar-refractivity contribution in [2.24, 2.45) is 11.8 Å². The Bertz CT molecular complexity index is 6020. The van der Waals surface area contributed by atoms with E-state index in [2.05, 4.69) is 76.2 Å². The third kappa shape index (κ3) is 8.23. The molecule has 102 heavy (non-hydrogen) atoms. The molecule has 0 bridgehead atoms. The average Bonchev–Trinajstić information content (AvgIpc) is 0.843. The van der Waals surface area contributed by atoms with Crippen LogP contribution in [0.3, 0.4) is 0 Å². The predicted molar refractivity (Wildman–Crippen MR) is 417 cm³/mol. The number of amides is 8. The summed E-state index contributed by atoms with van der Waals surface area (Å²) in [5, 5.41) is 13.8. The number of rotatable bonds is 12. The second-order valence-electron chi connectivity index (χ2n) is 30.1. The molecule has 0 saturated carbocycles. The predicted octanol–water partition coefficient (Wildman–Crippen LogP) is 21.4. The summed E-state index contributed by atoms with van der Waals surface area (Å²) in [4.78, 5) is 131. The minimum absolute atomic E-state index is 0.350.